The molecule has 0 spiro atoms. The first-order valence-corrected chi connectivity index (χ1v) is 12.9. The van der Waals surface area contributed by atoms with Gasteiger partial charge in [0.05, 0.1) is 17.9 Å². The molecule has 40 heavy (non-hydrogen) atoms. The van der Waals surface area contributed by atoms with Crippen LogP contribution in [0.2, 0.25) is 0 Å². The number of pyridine rings is 1. The Labute approximate surface area is 231 Å². The van der Waals surface area contributed by atoms with E-state index in [1.165, 1.54) is 6.20 Å². The zero-order valence-corrected chi connectivity index (χ0v) is 22.9. The van der Waals surface area contributed by atoms with Crippen molar-refractivity contribution in [1.29, 1.82) is 0 Å². The fraction of sp³-hybridized carbons (Fsp3) is 0.219. The van der Waals surface area contributed by atoms with Crippen molar-refractivity contribution in [3.8, 4) is 17.4 Å². The molecule has 2 aromatic heterocycles. The number of hydrogen-bond donors (Lipinski definition) is 0. The van der Waals surface area contributed by atoms with Gasteiger partial charge in [0.2, 0.25) is 11.3 Å². The summed E-state index contributed by atoms with van der Waals surface area (Å²) in [5.74, 6) is 1.43. The minimum absolute atomic E-state index is 0.170. The number of ketones is 1. The van der Waals surface area contributed by atoms with Crippen LogP contribution in [0.4, 0.5) is 0 Å². The quantitative estimate of drug-likeness (QED) is 0.172. The molecule has 0 saturated heterocycles. The highest BCUT2D eigenvalue weighted by Gasteiger charge is 2.17. The number of fused-ring (bicyclic) bond motifs is 2. The smallest absolute Gasteiger partial charge is 0.213 e. The molecule has 5 aromatic rings. The van der Waals surface area contributed by atoms with E-state index in [0.717, 1.165) is 16.9 Å². The molecule has 2 heterocycles. The topological polar surface area (TPSA) is 91.1 Å². The van der Waals surface area contributed by atoms with Crippen LogP contribution in [0.5, 0.6) is 17.4 Å². The fourth-order valence-electron chi connectivity index (χ4n) is 4.30. The largest absolute Gasteiger partial charge is 0.497 e. The lowest BCUT2D eigenvalue weighted by Gasteiger charge is -2.13. The number of nitrogens with zero attached hydrogens (tertiary/aromatic N) is 2. The first kappa shape index (κ1) is 26.9. The van der Waals surface area contributed by atoms with Crippen molar-refractivity contribution >= 4 is 27.7 Å². The van der Waals surface area contributed by atoms with E-state index in [-0.39, 0.29) is 11.2 Å². The molecule has 3 aromatic carbocycles. The van der Waals surface area contributed by atoms with Gasteiger partial charge in [0.25, 0.3) is 0 Å². The van der Waals surface area contributed by atoms with Crippen LogP contribution in [-0.4, -0.2) is 50.0 Å². The normalized spacial score (nSPS) is 11.2. The Morgan fingerprint density at radius 3 is 2.40 bits per heavy atom. The molecule has 0 fully saturated rings. The molecule has 0 bridgehead atoms. The zero-order valence-electron chi connectivity index (χ0n) is 22.9. The molecular formula is C32H30N2O6. The number of benzene rings is 3. The molecular weight excluding hydrogens is 508 g/mol. The second kappa shape index (κ2) is 11.6. The second-order valence-corrected chi connectivity index (χ2v) is 9.78. The number of hydrogen-bond acceptors (Lipinski definition) is 8. The third kappa shape index (κ3) is 5.82. The van der Waals surface area contributed by atoms with Crippen molar-refractivity contribution < 1.29 is 23.4 Å². The van der Waals surface area contributed by atoms with Crippen LogP contribution < -0.4 is 19.6 Å². The Morgan fingerprint density at radius 1 is 0.925 bits per heavy atom. The van der Waals surface area contributed by atoms with E-state index in [1.54, 1.807) is 43.5 Å². The first-order valence-electron chi connectivity index (χ1n) is 12.9. The average Bonchev–Trinajstić information content (AvgIpc) is 2.96. The maximum atomic E-state index is 13.3. The van der Waals surface area contributed by atoms with Crippen molar-refractivity contribution in [2.45, 2.75) is 13.5 Å². The molecule has 0 unspecified atom stereocenters. The summed E-state index contributed by atoms with van der Waals surface area (Å²) in [6.07, 6.45) is 1.48. The highest BCUT2D eigenvalue weighted by atomic mass is 16.5. The number of carbonyl (C=O) groups excluding carboxylic acids is 1. The molecule has 5 rings (SSSR count). The molecule has 204 valence electrons. The van der Waals surface area contributed by atoms with Gasteiger partial charge in [-0.15, -0.1) is 0 Å². The number of ether oxygens (including phenoxy) is 3. The van der Waals surface area contributed by atoms with Gasteiger partial charge in [0.15, 0.2) is 17.1 Å². The maximum Gasteiger partial charge on any atom is 0.213 e. The van der Waals surface area contributed by atoms with Gasteiger partial charge in [-0.05, 0) is 74.6 Å². The van der Waals surface area contributed by atoms with Crippen LogP contribution in [0, 0.1) is 6.92 Å². The fourth-order valence-corrected chi connectivity index (χ4v) is 4.30. The van der Waals surface area contributed by atoms with Crippen molar-refractivity contribution in [2.24, 2.45) is 0 Å². The van der Waals surface area contributed by atoms with Crippen LogP contribution in [-0.2, 0) is 6.61 Å². The predicted molar refractivity (Wildman–Crippen MR) is 154 cm³/mol. The summed E-state index contributed by atoms with van der Waals surface area (Å²) >= 11 is 0. The first-order chi connectivity index (χ1) is 19.3. The van der Waals surface area contributed by atoms with Crippen molar-refractivity contribution in [2.75, 3.05) is 34.4 Å². The van der Waals surface area contributed by atoms with Crippen LogP contribution >= 0.6 is 0 Å². The van der Waals surface area contributed by atoms with E-state index in [2.05, 4.69) is 4.98 Å². The minimum Gasteiger partial charge on any atom is -0.497 e. The Morgan fingerprint density at radius 2 is 1.70 bits per heavy atom. The maximum absolute atomic E-state index is 13.3. The lowest BCUT2D eigenvalue weighted by Crippen LogP contribution is -2.19. The van der Waals surface area contributed by atoms with Gasteiger partial charge >= 0.3 is 0 Å². The van der Waals surface area contributed by atoms with E-state index in [0.29, 0.717) is 64.5 Å². The Bertz CT molecular complexity index is 1720. The third-order valence-electron chi connectivity index (χ3n) is 6.48. The Hall–Kier alpha value is -4.69. The summed E-state index contributed by atoms with van der Waals surface area (Å²) in [5, 5.41) is 0.843. The van der Waals surface area contributed by atoms with E-state index in [4.69, 9.17) is 18.6 Å². The number of likely N-dealkylation sites (N-methyl/N-ethyl adjacent to an activating group) is 1. The molecule has 0 N–H and O–H groups in total. The highest BCUT2D eigenvalue weighted by molar-refractivity contribution is 6.10. The van der Waals surface area contributed by atoms with Crippen molar-refractivity contribution in [1.82, 2.24) is 9.88 Å². The van der Waals surface area contributed by atoms with E-state index >= 15 is 0 Å². The van der Waals surface area contributed by atoms with Gasteiger partial charge in [0.1, 0.15) is 24.5 Å². The van der Waals surface area contributed by atoms with Gasteiger partial charge in [-0.2, -0.15) is 0 Å². The van der Waals surface area contributed by atoms with Crippen LogP contribution in [0.1, 0.15) is 27.0 Å². The third-order valence-corrected chi connectivity index (χ3v) is 6.48. The molecule has 0 amide bonds. The van der Waals surface area contributed by atoms with E-state index in [9.17, 15) is 9.59 Å². The molecule has 8 nitrogen and oxygen atoms in total. The van der Waals surface area contributed by atoms with Gasteiger partial charge < -0.3 is 23.5 Å². The monoisotopic (exact) mass is 538 g/mol. The molecule has 0 aliphatic rings. The van der Waals surface area contributed by atoms with Crippen LogP contribution in [0.15, 0.2) is 82.1 Å². The number of rotatable bonds is 10. The Kier molecular flexibility index (Phi) is 7.79. The lowest BCUT2D eigenvalue weighted by molar-refractivity contribution is 0.103. The zero-order chi connectivity index (χ0) is 28.2. The van der Waals surface area contributed by atoms with Crippen molar-refractivity contribution in [3.05, 3.63) is 105 Å². The second-order valence-electron chi connectivity index (χ2n) is 9.78. The molecule has 8 heteroatoms. The number of aryl methyl sites for hydroxylation is 1. The standard InChI is InChI=1S/C32H30N2O6/c1-20-15-26-31(36)25-11-7-22(17-27(25)40-32(26)28(16-20)38-14-13-34(2)3)30(35)23-8-12-29(33-18-23)39-19-21-5-9-24(37-4)10-6-21/h5-12,15-18H,13-14,19H2,1-4H3. The minimum atomic E-state index is -0.245. The van der Waals surface area contributed by atoms with Gasteiger partial charge in [0, 0.05) is 29.9 Å². The number of carbonyl (C=O) groups is 1. The van der Waals surface area contributed by atoms with E-state index in [1.807, 2.05) is 56.3 Å². The molecule has 0 saturated carbocycles. The molecule has 0 radical (unpaired) electrons. The number of methoxy groups -OCH3 is 1. The Balaban J connectivity index is 1.38. The SMILES string of the molecule is COc1ccc(COc2ccc(C(=O)c3ccc4c(=O)c5cc(C)cc(OCCN(C)C)c5oc4c3)cn2)cc1. The summed E-state index contributed by atoms with van der Waals surface area (Å²) in [6, 6.07) is 19.4. The predicted octanol–water partition coefficient (Wildman–Crippen LogP) is 5.41. The van der Waals surface area contributed by atoms with Gasteiger partial charge in [-0.25, -0.2) is 4.98 Å². The average molecular weight is 539 g/mol. The summed E-state index contributed by atoms with van der Waals surface area (Å²) in [6.45, 7) is 3.40. The van der Waals surface area contributed by atoms with E-state index < -0.39 is 0 Å². The summed E-state index contributed by atoms with van der Waals surface area (Å²) in [4.78, 5) is 32.9. The summed E-state index contributed by atoms with van der Waals surface area (Å²) < 4.78 is 23.1. The van der Waals surface area contributed by atoms with Gasteiger partial charge in [-0.3, -0.25) is 9.59 Å². The molecule has 0 aliphatic heterocycles. The van der Waals surface area contributed by atoms with Crippen LogP contribution in [0.25, 0.3) is 21.9 Å². The molecule has 0 aliphatic carbocycles. The lowest BCUT2D eigenvalue weighted by atomic mass is 10.0. The number of aromatic nitrogens is 1. The molecule has 0 atom stereocenters. The van der Waals surface area contributed by atoms with Crippen molar-refractivity contribution in [3.63, 3.8) is 0 Å². The van der Waals surface area contributed by atoms with Gasteiger partial charge in [-0.1, -0.05) is 18.2 Å². The van der Waals surface area contributed by atoms with Crippen LogP contribution in [0.3, 0.4) is 0 Å². The summed E-state index contributed by atoms with van der Waals surface area (Å²) in [7, 11) is 5.54. The highest BCUT2D eigenvalue weighted by Crippen LogP contribution is 2.29. The summed E-state index contributed by atoms with van der Waals surface area (Å²) in [5.41, 5.74) is 3.15.